The van der Waals surface area contributed by atoms with Gasteiger partial charge < -0.3 is 19.0 Å². The van der Waals surface area contributed by atoms with E-state index in [1.807, 2.05) is 43.8 Å². The number of piperidine rings is 1. The number of hydrogen-bond donors (Lipinski definition) is 0. The maximum absolute atomic E-state index is 13.2. The van der Waals surface area contributed by atoms with Crippen molar-refractivity contribution in [2.75, 3.05) is 25.0 Å². The fourth-order valence-corrected chi connectivity index (χ4v) is 6.17. The van der Waals surface area contributed by atoms with Crippen LogP contribution in [-0.4, -0.2) is 60.8 Å². The Morgan fingerprint density at radius 1 is 1.18 bits per heavy atom. The largest absolute Gasteiger partial charge is 0.491 e. The first-order chi connectivity index (χ1) is 16.2. The summed E-state index contributed by atoms with van der Waals surface area (Å²) in [5.41, 5.74) is 1.73. The molecule has 0 unspecified atom stereocenters. The van der Waals surface area contributed by atoms with E-state index in [1.54, 1.807) is 28.6 Å². The number of rotatable bonds is 8. The van der Waals surface area contributed by atoms with E-state index >= 15 is 0 Å². The molecule has 0 radical (unpaired) electrons. The average molecular weight is 549 g/mol. The Balaban J connectivity index is 1.48. The van der Waals surface area contributed by atoms with Crippen LogP contribution in [-0.2, 0) is 21.4 Å². The van der Waals surface area contributed by atoms with Gasteiger partial charge in [0.25, 0.3) is 0 Å². The van der Waals surface area contributed by atoms with Crippen molar-refractivity contribution in [3.8, 4) is 5.75 Å². The van der Waals surface area contributed by atoms with Gasteiger partial charge in [-0.15, -0.1) is 0 Å². The van der Waals surface area contributed by atoms with Crippen molar-refractivity contribution >= 4 is 49.0 Å². The first-order valence-electron chi connectivity index (χ1n) is 11.3. The normalized spacial score (nSPS) is 15.7. The van der Waals surface area contributed by atoms with Gasteiger partial charge in [-0.2, -0.15) is 4.31 Å². The molecule has 1 fully saturated rings. The number of carbonyl (C=O) groups is 1. The van der Waals surface area contributed by atoms with Crippen LogP contribution in [0.5, 0.6) is 5.75 Å². The number of pyridine rings is 1. The van der Waals surface area contributed by atoms with E-state index < -0.39 is 10.0 Å². The highest BCUT2D eigenvalue weighted by atomic mass is 79.9. The van der Waals surface area contributed by atoms with E-state index in [-0.39, 0.29) is 23.6 Å². The summed E-state index contributed by atoms with van der Waals surface area (Å²) in [4.78, 5) is 18.2. The minimum atomic E-state index is -3.56. The Morgan fingerprint density at radius 2 is 1.85 bits per heavy atom. The summed E-state index contributed by atoms with van der Waals surface area (Å²) in [6.07, 6.45) is 4.24. The lowest BCUT2D eigenvalue weighted by Crippen LogP contribution is -2.45. The molecule has 0 amide bonds. The monoisotopic (exact) mass is 548 g/mol. The number of sulfonamides is 1. The van der Waals surface area contributed by atoms with Crippen molar-refractivity contribution in [2.45, 2.75) is 50.3 Å². The fraction of sp³-hybridized carbons (Fsp3) is 0.417. The predicted molar refractivity (Wildman–Crippen MR) is 136 cm³/mol. The molecule has 10 heteroatoms. The standard InChI is InChI=1S/C24H29BrN4O4S/c1-17(2)33-19-4-6-20(7-5-19)34(31,32)29-12-10-18(11-13-29)27(3)22-16-28(14-15-30)24-21(22)8-9-23(25)26-24/h4-9,15-18H,10-14H2,1-3H3. The summed E-state index contributed by atoms with van der Waals surface area (Å²) in [7, 11) is -1.54. The second-order valence-electron chi connectivity index (χ2n) is 8.72. The van der Waals surface area contributed by atoms with E-state index in [4.69, 9.17) is 4.74 Å². The zero-order valence-corrected chi connectivity index (χ0v) is 21.9. The first kappa shape index (κ1) is 24.7. The van der Waals surface area contributed by atoms with Crippen molar-refractivity contribution in [3.05, 3.63) is 47.2 Å². The zero-order valence-electron chi connectivity index (χ0n) is 19.5. The number of aromatic nitrogens is 2. The third kappa shape index (κ3) is 4.99. The molecule has 3 aromatic rings. The molecule has 34 heavy (non-hydrogen) atoms. The topological polar surface area (TPSA) is 84.7 Å². The molecule has 0 bridgehead atoms. The molecule has 4 rings (SSSR count). The number of ether oxygens (including phenoxy) is 1. The average Bonchev–Trinajstić information content (AvgIpc) is 3.16. The Labute approximate surface area is 208 Å². The van der Waals surface area contributed by atoms with Gasteiger partial charge in [-0.25, -0.2) is 13.4 Å². The molecular weight excluding hydrogens is 520 g/mol. The molecule has 182 valence electrons. The first-order valence-corrected chi connectivity index (χ1v) is 13.5. The number of anilines is 1. The van der Waals surface area contributed by atoms with Crippen molar-refractivity contribution in [1.82, 2.24) is 13.9 Å². The highest BCUT2D eigenvalue weighted by Gasteiger charge is 2.31. The Morgan fingerprint density at radius 3 is 2.47 bits per heavy atom. The van der Waals surface area contributed by atoms with Gasteiger partial charge in [-0.3, -0.25) is 0 Å². The van der Waals surface area contributed by atoms with E-state index in [1.165, 1.54) is 0 Å². The molecule has 0 saturated carbocycles. The number of aldehydes is 1. The SMILES string of the molecule is CC(C)Oc1ccc(S(=O)(=O)N2CCC(N(C)c3cn(CC=O)c4nc(Br)ccc34)CC2)cc1. The Bertz CT molecular complexity index is 1270. The van der Waals surface area contributed by atoms with Gasteiger partial charge in [-0.05, 0) is 79.0 Å². The van der Waals surface area contributed by atoms with Crippen molar-refractivity contribution in [1.29, 1.82) is 0 Å². The fourth-order valence-electron chi connectivity index (χ4n) is 4.40. The zero-order chi connectivity index (χ0) is 24.5. The third-order valence-electron chi connectivity index (χ3n) is 6.12. The molecule has 1 aliphatic heterocycles. The van der Waals surface area contributed by atoms with E-state index in [0.29, 0.717) is 36.3 Å². The molecule has 0 N–H and O–H groups in total. The second kappa shape index (κ2) is 10.1. The molecule has 0 atom stereocenters. The lowest BCUT2D eigenvalue weighted by Gasteiger charge is -2.37. The van der Waals surface area contributed by atoms with Crippen molar-refractivity contribution in [2.24, 2.45) is 0 Å². The van der Waals surface area contributed by atoms with E-state index in [9.17, 15) is 13.2 Å². The molecule has 2 aromatic heterocycles. The highest BCUT2D eigenvalue weighted by Crippen LogP contribution is 2.33. The predicted octanol–water partition coefficient (Wildman–Crippen LogP) is 4.07. The maximum Gasteiger partial charge on any atom is 0.243 e. The second-order valence-corrected chi connectivity index (χ2v) is 11.5. The van der Waals surface area contributed by atoms with Crippen LogP contribution in [0.25, 0.3) is 11.0 Å². The quantitative estimate of drug-likeness (QED) is 0.311. The molecule has 1 aromatic carbocycles. The summed E-state index contributed by atoms with van der Waals surface area (Å²) >= 11 is 3.40. The smallest absolute Gasteiger partial charge is 0.243 e. The summed E-state index contributed by atoms with van der Waals surface area (Å²) < 4.78 is 36.1. The number of nitrogens with zero attached hydrogens (tertiary/aromatic N) is 4. The number of carbonyl (C=O) groups excluding carboxylic acids is 1. The van der Waals surface area contributed by atoms with Gasteiger partial charge in [0.1, 0.15) is 22.3 Å². The number of fused-ring (bicyclic) bond motifs is 1. The summed E-state index contributed by atoms with van der Waals surface area (Å²) in [5.74, 6) is 0.657. The number of benzene rings is 1. The molecule has 8 nitrogen and oxygen atoms in total. The van der Waals surface area contributed by atoms with E-state index in [0.717, 1.165) is 23.0 Å². The minimum absolute atomic E-state index is 0.0308. The van der Waals surface area contributed by atoms with Gasteiger partial charge in [-0.1, -0.05) is 0 Å². The van der Waals surface area contributed by atoms with Crippen LogP contribution in [0.3, 0.4) is 0 Å². The van der Waals surface area contributed by atoms with Gasteiger partial charge in [0, 0.05) is 37.8 Å². The molecule has 3 heterocycles. The summed E-state index contributed by atoms with van der Waals surface area (Å²) in [6.45, 7) is 4.98. The highest BCUT2D eigenvalue weighted by molar-refractivity contribution is 9.10. The van der Waals surface area contributed by atoms with Crippen LogP contribution >= 0.6 is 15.9 Å². The summed E-state index contributed by atoms with van der Waals surface area (Å²) in [6, 6.07) is 10.7. The lowest BCUT2D eigenvalue weighted by molar-refractivity contribution is -0.108. The summed E-state index contributed by atoms with van der Waals surface area (Å²) in [5, 5.41) is 0.964. The lowest BCUT2D eigenvalue weighted by atomic mass is 10.0. The van der Waals surface area contributed by atoms with Crippen LogP contribution in [0.2, 0.25) is 0 Å². The van der Waals surface area contributed by atoms with Crippen molar-refractivity contribution in [3.63, 3.8) is 0 Å². The number of halogens is 1. The van der Waals surface area contributed by atoms with Gasteiger partial charge >= 0.3 is 0 Å². The molecular formula is C24H29BrN4O4S. The maximum atomic E-state index is 13.2. The number of hydrogen-bond acceptors (Lipinski definition) is 6. The van der Waals surface area contributed by atoms with Crippen LogP contribution in [0, 0.1) is 0 Å². The Hall–Kier alpha value is -2.43. The molecule has 0 aliphatic carbocycles. The van der Waals surface area contributed by atoms with Crippen LogP contribution in [0.4, 0.5) is 5.69 Å². The van der Waals surface area contributed by atoms with Gasteiger partial charge in [0.2, 0.25) is 10.0 Å². The van der Waals surface area contributed by atoms with Gasteiger partial charge in [0.15, 0.2) is 0 Å². The van der Waals surface area contributed by atoms with Crippen LogP contribution in [0.15, 0.2) is 52.1 Å². The molecule has 1 saturated heterocycles. The molecule has 0 spiro atoms. The van der Waals surface area contributed by atoms with Crippen molar-refractivity contribution < 1.29 is 17.9 Å². The van der Waals surface area contributed by atoms with Gasteiger partial charge in [0.05, 0.1) is 23.2 Å². The van der Waals surface area contributed by atoms with Crippen LogP contribution < -0.4 is 9.64 Å². The minimum Gasteiger partial charge on any atom is -0.491 e. The van der Waals surface area contributed by atoms with E-state index in [2.05, 4.69) is 25.8 Å². The van der Waals surface area contributed by atoms with Crippen LogP contribution in [0.1, 0.15) is 26.7 Å². The Kier molecular flexibility index (Phi) is 7.30. The third-order valence-corrected chi connectivity index (χ3v) is 8.48. The molecule has 1 aliphatic rings.